The zero-order valence-corrected chi connectivity index (χ0v) is 18.6. The number of aromatic nitrogens is 3. The highest BCUT2D eigenvalue weighted by Crippen LogP contribution is 2.26. The van der Waals surface area contributed by atoms with Crippen molar-refractivity contribution in [2.75, 3.05) is 6.54 Å². The molecular weight excluding hydrogens is 411 g/mol. The Morgan fingerprint density at radius 3 is 2.56 bits per heavy atom. The first-order chi connectivity index (χ1) is 15.1. The van der Waals surface area contributed by atoms with Gasteiger partial charge in [-0.05, 0) is 44.5 Å². The number of esters is 1. The molecule has 168 valence electrons. The highest BCUT2D eigenvalue weighted by atomic mass is 19.1. The molecule has 0 radical (unpaired) electrons. The van der Waals surface area contributed by atoms with Crippen molar-refractivity contribution in [3.8, 4) is 11.3 Å². The molecule has 0 aliphatic carbocycles. The van der Waals surface area contributed by atoms with Gasteiger partial charge in [-0.1, -0.05) is 42.5 Å². The molecular formula is C24H27FN4O3. The van der Waals surface area contributed by atoms with Gasteiger partial charge < -0.3 is 10.1 Å². The molecule has 0 aliphatic heterocycles. The van der Waals surface area contributed by atoms with Crippen LogP contribution in [-0.4, -0.2) is 33.4 Å². The summed E-state index contributed by atoms with van der Waals surface area (Å²) in [5.41, 5.74) is 1.75. The van der Waals surface area contributed by atoms with Crippen molar-refractivity contribution in [1.82, 2.24) is 20.3 Å². The summed E-state index contributed by atoms with van der Waals surface area (Å²) in [6, 6.07) is 13.4. The SMILES string of the molecule is C[C@H](CNC(=O)c1cc(F)cc(-c2cnnn2C(C)(C)C)c1)C(=O)OCc1ccccc1. The molecule has 0 spiro atoms. The average Bonchev–Trinajstić information content (AvgIpc) is 3.26. The second kappa shape index (κ2) is 9.72. The van der Waals surface area contributed by atoms with Crippen LogP contribution >= 0.6 is 0 Å². The smallest absolute Gasteiger partial charge is 0.310 e. The zero-order chi connectivity index (χ0) is 23.3. The molecule has 0 bridgehead atoms. The van der Waals surface area contributed by atoms with E-state index in [2.05, 4.69) is 15.6 Å². The van der Waals surface area contributed by atoms with Crippen molar-refractivity contribution in [2.45, 2.75) is 39.8 Å². The van der Waals surface area contributed by atoms with Gasteiger partial charge in [0.25, 0.3) is 5.91 Å². The van der Waals surface area contributed by atoms with E-state index in [-0.39, 0.29) is 24.3 Å². The van der Waals surface area contributed by atoms with Gasteiger partial charge in [-0.25, -0.2) is 9.07 Å². The maximum absolute atomic E-state index is 14.3. The van der Waals surface area contributed by atoms with Gasteiger partial charge in [-0.3, -0.25) is 9.59 Å². The largest absolute Gasteiger partial charge is 0.461 e. The van der Waals surface area contributed by atoms with Crippen molar-refractivity contribution in [2.24, 2.45) is 5.92 Å². The number of nitrogens with one attached hydrogen (secondary N) is 1. The van der Waals surface area contributed by atoms with E-state index in [0.29, 0.717) is 11.3 Å². The van der Waals surface area contributed by atoms with Gasteiger partial charge in [0, 0.05) is 17.7 Å². The minimum atomic E-state index is -0.554. The third-order valence-corrected chi connectivity index (χ3v) is 4.84. The molecule has 7 nitrogen and oxygen atoms in total. The Kier molecular flexibility index (Phi) is 7.02. The number of carbonyl (C=O) groups is 2. The Morgan fingerprint density at radius 2 is 1.88 bits per heavy atom. The minimum Gasteiger partial charge on any atom is -0.461 e. The predicted molar refractivity (Wildman–Crippen MR) is 118 cm³/mol. The van der Waals surface area contributed by atoms with E-state index in [4.69, 9.17) is 4.74 Å². The van der Waals surface area contributed by atoms with E-state index in [9.17, 15) is 14.0 Å². The summed E-state index contributed by atoms with van der Waals surface area (Å²) in [4.78, 5) is 24.8. The first kappa shape index (κ1) is 23.1. The first-order valence-electron chi connectivity index (χ1n) is 10.4. The molecule has 1 aromatic heterocycles. The number of hydrogen-bond acceptors (Lipinski definition) is 5. The summed E-state index contributed by atoms with van der Waals surface area (Å²) in [6.07, 6.45) is 1.53. The lowest BCUT2D eigenvalue weighted by Gasteiger charge is -2.21. The van der Waals surface area contributed by atoms with Crippen LogP contribution in [0.1, 0.15) is 43.6 Å². The number of benzene rings is 2. The van der Waals surface area contributed by atoms with Crippen LogP contribution < -0.4 is 5.32 Å². The van der Waals surface area contributed by atoms with Crippen LogP contribution in [0.15, 0.2) is 54.7 Å². The first-order valence-corrected chi connectivity index (χ1v) is 10.4. The molecule has 8 heteroatoms. The summed E-state index contributed by atoms with van der Waals surface area (Å²) < 4.78 is 21.3. The number of amides is 1. The minimum absolute atomic E-state index is 0.0692. The van der Waals surface area contributed by atoms with E-state index in [1.807, 2.05) is 51.1 Å². The van der Waals surface area contributed by atoms with Gasteiger partial charge >= 0.3 is 5.97 Å². The summed E-state index contributed by atoms with van der Waals surface area (Å²) in [6.45, 7) is 7.77. The molecule has 1 N–H and O–H groups in total. The fraction of sp³-hybridized carbons (Fsp3) is 0.333. The summed E-state index contributed by atoms with van der Waals surface area (Å²) in [5, 5.41) is 10.7. The highest BCUT2D eigenvalue weighted by Gasteiger charge is 2.21. The van der Waals surface area contributed by atoms with E-state index in [0.717, 1.165) is 11.6 Å². The van der Waals surface area contributed by atoms with Crippen LogP contribution in [0.3, 0.4) is 0 Å². The van der Waals surface area contributed by atoms with Crippen molar-refractivity contribution in [1.29, 1.82) is 0 Å². The fourth-order valence-electron chi connectivity index (χ4n) is 3.10. The third-order valence-electron chi connectivity index (χ3n) is 4.84. The lowest BCUT2D eigenvalue weighted by molar-refractivity contribution is -0.149. The van der Waals surface area contributed by atoms with Crippen LogP contribution in [0, 0.1) is 11.7 Å². The Balaban J connectivity index is 1.64. The molecule has 2 aromatic carbocycles. The zero-order valence-electron chi connectivity index (χ0n) is 18.6. The van der Waals surface area contributed by atoms with Crippen LogP contribution in [0.5, 0.6) is 0 Å². The molecule has 1 amide bonds. The van der Waals surface area contributed by atoms with Gasteiger partial charge in [0.1, 0.15) is 12.4 Å². The molecule has 0 fully saturated rings. The molecule has 1 heterocycles. The van der Waals surface area contributed by atoms with Crippen LogP contribution in [0.2, 0.25) is 0 Å². The molecule has 0 aliphatic rings. The van der Waals surface area contributed by atoms with Gasteiger partial charge in [0.15, 0.2) is 0 Å². The van der Waals surface area contributed by atoms with Crippen molar-refractivity contribution < 1.29 is 18.7 Å². The molecule has 3 rings (SSSR count). The monoisotopic (exact) mass is 438 g/mol. The second-order valence-corrected chi connectivity index (χ2v) is 8.63. The third kappa shape index (κ3) is 5.78. The number of nitrogens with zero attached hydrogens (tertiary/aromatic N) is 3. The summed E-state index contributed by atoms with van der Waals surface area (Å²) in [7, 11) is 0. The van der Waals surface area contributed by atoms with E-state index < -0.39 is 23.6 Å². The lowest BCUT2D eigenvalue weighted by atomic mass is 10.0. The number of halogens is 1. The Hall–Kier alpha value is -3.55. The lowest BCUT2D eigenvalue weighted by Crippen LogP contribution is -2.32. The van der Waals surface area contributed by atoms with E-state index in [1.165, 1.54) is 12.3 Å². The van der Waals surface area contributed by atoms with Crippen LogP contribution in [0.4, 0.5) is 4.39 Å². The van der Waals surface area contributed by atoms with Gasteiger partial charge in [-0.15, -0.1) is 5.10 Å². The van der Waals surface area contributed by atoms with Crippen molar-refractivity contribution >= 4 is 11.9 Å². The van der Waals surface area contributed by atoms with Gasteiger partial charge in [-0.2, -0.15) is 0 Å². The quantitative estimate of drug-likeness (QED) is 0.565. The maximum Gasteiger partial charge on any atom is 0.310 e. The number of rotatable bonds is 7. The maximum atomic E-state index is 14.3. The standard InChI is InChI=1S/C24H27FN4O3/c1-16(23(31)32-15-17-8-6-5-7-9-17)13-26-22(30)19-10-18(11-20(25)12-19)21-14-27-28-29(21)24(2,3)4/h5-12,14,16H,13,15H2,1-4H3,(H,26,30)/t16-/m1/s1. The Morgan fingerprint density at radius 1 is 1.16 bits per heavy atom. The van der Waals surface area contributed by atoms with Crippen molar-refractivity contribution in [3.63, 3.8) is 0 Å². The number of ether oxygens (including phenoxy) is 1. The van der Waals surface area contributed by atoms with Crippen LogP contribution in [-0.2, 0) is 21.7 Å². The van der Waals surface area contributed by atoms with Crippen LogP contribution in [0.25, 0.3) is 11.3 Å². The fourth-order valence-corrected chi connectivity index (χ4v) is 3.10. The van der Waals surface area contributed by atoms with Crippen molar-refractivity contribution in [3.05, 3.63) is 71.7 Å². The van der Waals surface area contributed by atoms with E-state index in [1.54, 1.807) is 17.7 Å². The normalized spacial score (nSPS) is 12.3. The van der Waals surface area contributed by atoms with E-state index >= 15 is 0 Å². The molecule has 3 aromatic rings. The summed E-state index contributed by atoms with van der Waals surface area (Å²) >= 11 is 0. The molecule has 0 saturated carbocycles. The average molecular weight is 439 g/mol. The predicted octanol–water partition coefficient (Wildman–Crippen LogP) is 3.95. The second-order valence-electron chi connectivity index (χ2n) is 8.63. The van der Waals surface area contributed by atoms with Gasteiger partial charge in [0.2, 0.25) is 0 Å². The highest BCUT2D eigenvalue weighted by molar-refractivity contribution is 5.95. The number of hydrogen-bond donors (Lipinski definition) is 1. The summed E-state index contributed by atoms with van der Waals surface area (Å²) in [5.74, 6) is -2.01. The Bertz CT molecular complexity index is 1090. The Labute approximate surface area is 186 Å². The molecule has 0 saturated heterocycles. The molecule has 1 atom stereocenters. The topological polar surface area (TPSA) is 86.1 Å². The molecule has 32 heavy (non-hydrogen) atoms. The number of carbonyl (C=O) groups excluding carboxylic acids is 2. The van der Waals surface area contributed by atoms with Gasteiger partial charge in [0.05, 0.1) is 23.3 Å². The molecule has 0 unspecified atom stereocenters.